The zero-order valence-corrected chi connectivity index (χ0v) is 22.5. The highest BCUT2D eigenvalue weighted by Crippen LogP contribution is 2.30. The standard InChI is InChI=1S/C32H28FN7O/c1-22-7-5-11-26-17-28(32(41)35-29(22)26)30(31-36-37-38-40(31)21-24-12-14-27(33)15-13-24)39(19-23-8-3-2-4-9-23)20-25-10-6-16-34-18-25/h2-18,30H,19-21H2,1H3,(H,35,41). The van der Waals surface area contributed by atoms with Crippen molar-refractivity contribution in [1.82, 2.24) is 35.1 Å². The lowest BCUT2D eigenvalue weighted by atomic mass is 10.0. The summed E-state index contributed by atoms with van der Waals surface area (Å²) in [6.45, 7) is 3.30. The number of fused-ring (bicyclic) bond motifs is 1. The predicted octanol–water partition coefficient (Wildman–Crippen LogP) is 5.20. The molecule has 204 valence electrons. The van der Waals surface area contributed by atoms with Crippen LogP contribution in [-0.4, -0.2) is 35.1 Å². The van der Waals surface area contributed by atoms with Gasteiger partial charge < -0.3 is 4.98 Å². The second-order valence-corrected chi connectivity index (χ2v) is 10.1. The van der Waals surface area contributed by atoms with Crippen LogP contribution in [0.15, 0.2) is 108 Å². The molecule has 0 fully saturated rings. The summed E-state index contributed by atoms with van der Waals surface area (Å²) >= 11 is 0. The highest BCUT2D eigenvalue weighted by atomic mass is 19.1. The first-order valence-corrected chi connectivity index (χ1v) is 13.3. The molecule has 3 aromatic heterocycles. The van der Waals surface area contributed by atoms with E-state index in [1.54, 1.807) is 23.0 Å². The number of aromatic amines is 1. The number of tetrazole rings is 1. The molecule has 3 aromatic carbocycles. The van der Waals surface area contributed by atoms with Gasteiger partial charge in [0.05, 0.1) is 12.1 Å². The molecule has 8 nitrogen and oxygen atoms in total. The van der Waals surface area contributed by atoms with E-state index in [1.165, 1.54) is 12.1 Å². The molecule has 0 aliphatic carbocycles. The van der Waals surface area contributed by atoms with Crippen molar-refractivity contribution >= 4 is 10.9 Å². The van der Waals surface area contributed by atoms with Gasteiger partial charge in [0.1, 0.15) is 11.9 Å². The Morgan fingerprint density at radius 2 is 1.68 bits per heavy atom. The molecule has 0 bridgehead atoms. The quantitative estimate of drug-likeness (QED) is 0.269. The van der Waals surface area contributed by atoms with Crippen molar-refractivity contribution in [3.05, 3.63) is 153 Å². The van der Waals surface area contributed by atoms with Gasteiger partial charge in [-0.25, -0.2) is 9.07 Å². The van der Waals surface area contributed by atoms with Crippen LogP contribution in [0, 0.1) is 12.7 Å². The molecule has 0 aliphatic heterocycles. The first kappa shape index (κ1) is 26.2. The lowest BCUT2D eigenvalue weighted by Gasteiger charge is -2.31. The SMILES string of the molecule is Cc1cccc2cc(C(c3nnnn3Cc3ccc(F)cc3)N(Cc3ccccc3)Cc3cccnc3)c(=O)[nH]c12. The molecule has 6 rings (SSSR count). The highest BCUT2D eigenvalue weighted by Gasteiger charge is 2.31. The van der Waals surface area contributed by atoms with Crippen LogP contribution in [-0.2, 0) is 19.6 Å². The molecular formula is C32H28FN7O. The third-order valence-electron chi connectivity index (χ3n) is 7.16. The van der Waals surface area contributed by atoms with Crippen molar-refractivity contribution < 1.29 is 4.39 Å². The largest absolute Gasteiger partial charge is 0.321 e. The monoisotopic (exact) mass is 545 g/mol. The van der Waals surface area contributed by atoms with Crippen molar-refractivity contribution in [1.29, 1.82) is 0 Å². The van der Waals surface area contributed by atoms with Gasteiger partial charge in [0.2, 0.25) is 0 Å². The van der Waals surface area contributed by atoms with Gasteiger partial charge >= 0.3 is 0 Å². The average molecular weight is 546 g/mol. The normalized spacial score (nSPS) is 12.2. The van der Waals surface area contributed by atoms with Crippen LogP contribution in [0.5, 0.6) is 0 Å². The molecule has 1 N–H and O–H groups in total. The second kappa shape index (κ2) is 11.6. The molecule has 0 radical (unpaired) electrons. The molecule has 0 aliphatic rings. The van der Waals surface area contributed by atoms with Crippen LogP contribution in [0.2, 0.25) is 0 Å². The van der Waals surface area contributed by atoms with E-state index in [0.717, 1.165) is 33.2 Å². The van der Waals surface area contributed by atoms with Crippen molar-refractivity contribution in [2.45, 2.75) is 32.6 Å². The number of para-hydroxylation sites is 1. The Hall–Kier alpha value is -5.02. The van der Waals surface area contributed by atoms with Gasteiger partial charge in [-0.2, -0.15) is 0 Å². The molecule has 1 unspecified atom stereocenters. The smallest absolute Gasteiger partial charge is 0.253 e. The van der Waals surface area contributed by atoms with Crippen LogP contribution in [0.3, 0.4) is 0 Å². The fraction of sp³-hybridized carbons (Fsp3) is 0.156. The summed E-state index contributed by atoms with van der Waals surface area (Å²) in [4.78, 5) is 23.4. The van der Waals surface area contributed by atoms with E-state index in [4.69, 9.17) is 0 Å². The number of halogens is 1. The molecule has 1 atom stereocenters. The fourth-order valence-corrected chi connectivity index (χ4v) is 5.17. The highest BCUT2D eigenvalue weighted by molar-refractivity contribution is 5.82. The van der Waals surface area contributed by atoms with Gasteiger partial charge in [0, 0.05) is 31.0 Å². The van der Waals surface area contributed by atoms with E-state index >= 15 is 0 Å². The minimum Gasteiger partial charge on any atom is -0.321 e. The number of aryl methyl sites for hydroxylation is 1. The van der Waals surface area contributed by atoms with Gasteiger partial charge in [-0.1, -0.05) is 66.7 Å². The number of aromatic nitrogens is 6. The lowest BCUT2D eigenvalue weighted by Crippen LogP contribution is -2.35. The van der Waals surface area contributed by atoms with E-state index in [-0.39, 0.29) is 11.4 Å². The number of benzene rings is 3. The summed E-state index contributed by atoms with van der Waals surface area (Å²) in [6, 6.07) is 27.5. The lowest BCUT2D eigenvalue weighted by molar-refractivity contribution is 0.194. The Labute approximate surface area is 236 Å². The van der Waals surface area contributed by atoms with E-state index in [1.807, 2.05) is 67.7 Å². The van der Waals surface area contributed by atoms with Crippen molar-refractivity contribution in [2.75, 3.05) is 0 Å². The summed E-state index contributed by atoms with van der Waals surface area (Å²) in [5, 5.41) is 13.7. The molecule has 0 saturated carbocycles. The molecule has 9 heteroatoms. The summed E-state index contributed by atoms with van der Waals surface area (Å²) in [6.07, 6.45) is 3.56. The first-order valence-electron chi connectivity index (χ1n) is 13.3. The Kier molecular flexibility index (Phi) is 7.42. The third kappa shape index (κ3) is 5.80. The number of pyridine rings is 2. The minimum absolute atomic E-state index is 0.211. The number of hydrogen-bond donors (Lipinski definition) is 1. The Morgan fingerprint density at radius 3 is 2.46 bits per heavy atom. The summed E-state index contributed by atoms with van der Waals surface area (Å²) in [7, 11) is 0. The van der Waals surface area contributed by atoms with Gasteiger partial charge in [0.15, 0.2) is 5.82 Å². The van der Waals surface area contributed by atoms with Crippen LogP contribution in [0.4, 0.5) is 4.39 Å². The molecule has 0 amide bonds. The topological polar surface area (TPSA) is 92.6 Å². The van der Waals surface area contributed by atoms with E-state index in [2.05, 4.69) is 42.5 Å². The van der Waals surface area contributed by atoms with E-state index in [0.29, 0.717) is 31.0 Å². The van der Waals surface area contributed by atoms with Gasteiger partial charge in [0.25, 0.3) is 5.56 Å². The number of nitrogens with zero attached hydrogens (tertiary/aromatic N) is 6. The molecule has 6 aromatic rings. The maximum Gasteiger partial charge on any atom is 0.253 e. The van der Waals surface area contributed by atoms with E-state index < -0.39 is 6.04 Å². The molecule has 0 spiro atoms. The summed E-state index contributed by atoms with van der Waals surface area (Å²) in [5.74, 6) is 0.193. The maximum absolute atomic E-state index is 13.8. The van der Waals surface area contributed by atoms with Gasteiger partial charge in [-0.3, -0.25) is 14.7 Å². The van der Waals surface area contributed by atoms with Gasteiger partial charge in [-0.05, 0) is 69.3 Å². The second-order valence-electron chi connectivity index (χ2n) is 10.1. The van der Waals surface area contributed by atoms with Crippen molar-refractivity contribution in [2.24, 2.45) is 0 Å². The fourth-order valence-electron chi connectivity index (χ4n) is 5.17. The molecule has 41 heavy (non-hydrogen) atoms. The number of H-pyrrole nitrogens is 1. The van der Waals surface area contributed by atoms with Crippen molar-refractivity contribution in [3.63, 3.8) is 0 Å². The zero-order chi connectivity index (χ0) is 28.2. The number of rotatable bonds is 9. The van der Waals surface area contributed by atoms with Crippen LogP contribution < -0.4 is 5.56 Å². The summed E-state index contributed by atoms with van der Waals surface area (Å²) < 4.78 is 15.3. The maximum atomic E-state index is 13.8. The Morgan fingerprint density at radius 1 is 0.902 bits per heavy atom. The Bertz CT molecular complexity index is 1780. The van der Waals surface area contributed by atoms with Crippen LogP contribution in [0.25, 0.3) is 10.9 Å². The zero-order valence-electron chi connectivity index (χ0n) is 22.5. The first-order chi connectivity index (χ1) is 20.0. The molecule has 0 saturated heterocycles. The Balaban J connectivity index is 1.52. The van der Waals surface area contributed by atoms with Crippen LogP contribution in [0.1, 0.15) is 39.7 Å². The van der Waals surface area contributed by atoms with Crippen LogP contribution >= 0.6 is 0 Å². The number of nitrogens with one attached hydrogen (secondary N) is 1. The molecular weight excluding hydrogens is 517 g/mol. The van der Waals surface area contributed by atoms with Gasteiger partial charge in [-0.15, -0.1) is 5.10 Å². The summed E-state index contributed by atoms with van der Waals surface area (Å²) in [5.41, 5.74) is 5.00. The van der Waals surface area contributed by atoms with Crippen molar-refractivity contribution in [3.8, 4) is 0 Å². The number of hydrogen-bond acceptors (Lipinski definition) is 6. The minimum atomic E-state index is -0.612. The predicted molar refractivity (Wildman–Crippen MR) is 154 cm³/mol. The third-order valence-corrected chi connectivity index (χ3v) is 7.16. The average Bonchev–Trinajstić information content (AvgIpc) is 3.44. The van der Waals surface area contributed by atoms with E-state index in [9.17, 15) is 9.18 Å². The molecule has 3 heterocycles.